The summed E-state index contributed by atoms with van der Waals surface area (Å²) in [5.41, 5.74) is 2.11. The van der Waals surface area contributed by atoms with E-state index in [1.807, 2.05) is 48.5 Å². The number of sulfonamides is 1. The summed E-state index contributed by atoms with van der Waals surface area (Å²) in [6.45, 7) is 2.65. The lowest BCUT2D eigenvalue weighted by atomic mass is 10.1. The van der Waals surface area contributed by atoms with Crippen LogP contribution in [0.2, 0.25) is 0 Å². The van der Waals surface area contributed by atoms with Gasteiger partial charge in [-0.3, -0.25) is 4.31 Å². The van der Waals surface area contributed by atoms with Gasteiger partial charge in [0.25, 0.3) is 10.0 Å². The maximum Gasteiger partial charge on any atom is 0.327 e. The van der Waals surface area contributed by atoms with Crippen molar-refractivity contribution >= 4 is 21.7 Å². The van der Waals surface area contributed by atoms with Gasteiger partial charge in [-0.2, -0.15) is 0 Å². The van der Waals surface area contributed by atoms with Crippen molar-refractivity contribution in [2.24, 2.45) is 0 Å². The van der Waals surface area contributed by atoms with Gasteiger partial charge in [0.05, 0.1) is 10.6 Å². The zero-order valence-electron chi connectivity index (χ0n) is 22.6. The number of para-hydroxylation sites is 2. The van der Waals surface area contributed by atoms with Crippen molar-refractivity contribution in [2.75, 3.05) is 17.5 Å². The van der Waals surface area contributed by atoms with Gasteiger partial charge in [0.2, 0.25) is 0 Å². The molecule has 9 heteroatoms. The van der Waals surface area contributed by atoms with Gasteiger partial charge in [-0.1, -0.05) is 49.7 Å². The molecule has 8 nitrogen and oxygen atoms in total. The fourth-order valence-corrected chi connectivity index (χ4v) is 6.47. The fraction of sp³-hybridized carbons (Fsp3) is 0.219. The molecule has 1 aliphatic heterocycles. The molecular formula is C32H31NO7S. The highest BCUT2D eigenvalue weighted by Crippen LogP contribution is 2.37. The van der Waals surface area contributed by atoms with Gasteiger partial charge in [0.1, 0.15) is 42.3 Å². The number of hydrogen-bond acceptors (Lipinski definition) is 6. The molecule has 0 unspecified atom stereocenters. The monoisotopic (exact) mass is 573 g/mol. The Hall–Kier alpha value is -4.50. The van der Waals surface area contributed by atoms with Gasteiger partial charge >= 0.3 is 5.97 Å². The zero-order valence-corrected chi connectivity index (χ0v) is 23.4. The van der Waals surface area contributed by atoms with Gasteiger partial charge in [0.15, 0.2) is 0 Å². The normalized spacial score (nSPS) is 14.4. The Morgan fingerprint density at radius 2 is 1.54 bits per heavy atom. The molecule has 0 bridgehead atoms. The van der Waals surface area contributed by atoms with E-state index in [1.54, 1.807) is 36.4 Å². The largest absolute Gasteiger partial charge is 0.490 e. The number of aliphatic carboxylic acids is 1. The Bertz CT molecular complexity index is 1610. The summed E-state index contributed by atoms with van der Waals surface area (Å²) in [5.74, 6) is 1.55. The van der Waals surface area contributed by atoms with Crippen molar-refractivity contribution in [3.63, 3.8) is 0 Å². The first kappa shape index (κ1) is 28.0. The van der Waals surface area contributed by atoms with Crippen LogP contribution in [0.4, 0.5) is 5.69 Å². The summed E-state index contributed by atoms with van der Waals surface area (Å²) >= 11 is 0. The SMILES string of the molecule is CCCc1cc(Oc2ccccc2)ccc1OCCOc1ccc(S(=O)(=O)N2c3ccccc3C[C@@H]2C(=O)O)cc1. The quantitative estimate of drug-likeness (QED) is 0.205. The number of nitrogens with zero attached hydrogens (tertiary/aromatic N) is 1. The van der Waals surface area contributed by atoms with Gasteiger partial charge in [-0.15, -0.1) is 0 Å². The van der Waals surface area contributed by atoms with Crippen molar-refractivity contribution in [1.82, 2.24) is 0 Å². The highest BCUT2D eigenvalue weighted by atomic mass is 32.2. The maximum absolute atomic E-state index is 13.4. The number of hydrogen-bond donors (Lipinski definition) is 1. The highest BCUT2D eigenvalue weighted by Gasteiger charge is 2.42. The Labute approximate surface area is 239 Å². The third-order valence-electron chi connectivity index (χ3n) is 6.73. The van der Waals surface area contributed by atoms with Crippen molar-refractivity contribution in [2.45, 2.75) is 37.1 Å². The molecule has 1 atom stereocenters. The molecule has 0 aromatic heterocycles. The second-order valence-electron chi connectivity index (χ2n) is 9.59. The number of fused-ring (bicyclic) bond motifs is 1. The number of benzene rings is 4. The molecule has 0 radical (unpaired) electrons. The van der Waals surface area contributed by atoms with Crippen molar-refractivity contribution in [3.05, 3.63) is 108 Å². The molecule has 5 rings (SSSR count). The molecule has 0 saturated carbocycles. The van der Waals surface area contributed by atoms with E-state index in [-0.39, 0.29) is 17.9 Å². The smallest absolute Gasteiger partial charge is 0.327 e. The Morgan fingerprint density at radius 3 is 2.27 bits per heavy atom. The van der Waals surface area contributed by atoms with Crippen LogP contribution in [-0.4, -0.2) is 38.7 Å². The molecule has 212 valence electrons. The molecule has 0 amide bonds. The van der Waals surface area contributed by atoms with Crippen LogP contribution in [0.5, 0.6) is 23.0 Å². The molecule has 0 spiro atoms. The molecule has 4 aromatic rings. The first-order valence-corrected chi connectivity index (χ1v) is 14.9. The van der Waals surface area contributed by atoms with Gasteiger partial charge in [-0.25, -0.2) is 13.2 Å². The van der Waals surface area contributed by atoms with Gasteiger partial charge < -0.3 is 19.3 Å². The Balaban J connectivity index is 1.20. The van der Waals surface area contributed by atoms with Crippen LogP contribution >= 0.6 is 0 Å². The Kier molecular flexibility index (Phi) is 8.45. The second-order valence-corrected chi connectivity index (χ2v) is 11.4. The predicted molar refractivity (Wildman–Crippen MR) is 156 cm³/mol. The molecule has 0 aliphatic carbocycles. The Morgan fingerprint density at radius 1 is 0.854 bits per heavy atom. The standard InChI is InChI=1S/C32H31NO7S/c1-2-8-24-21-27(40-26-10-4-3-5-11-26)15-18-31(24)39-20-19-38-25-13-16-28(17-14-25)41(36,37)33-29-12-7-6-9-23(29)22-30(33)32(34)35/h3-7,9-18,21,30H,2,8,19-20,22H2,1H3,(H,34,35)/t30-/m1/s1. The molecule has 0 fully saturated rings. The summed E-state index contributed by atoms with van der Waals surface area (Å²) in [5, 5.41) is 9.69. The van der Waals surface area contributed by atoms with E-state index in [1.165, 1.54) is 12.1 Å². The van der Waals surface area contributed by atoms with E-state index < -0.39 is 22.0 Å². The lowest BCUT2D eigenvalue weighted by Gasteiger charge is -2.24. The second kappa shape index (κ2) is 12.3. The predicted octanol–water partition coefficient (Wildman–Crippen LogP) is 6.09. The maximum atomic E-state index is 13.4. The lowest BCUT2D eigenvalue weighted by Crippen LogP contribution is -2.42. The molecule has 4 aromatic carbocycles. The molecular weight excluding hydrogens is 542 g/mol. The minimum atomic E-state index is -4.10. The number of ether oxygens (including phenoxy) is 3. The van der Waals surface area contributed by atoms with E-state index in [2.05, 4.69) is 6.92 Å². The fourth-order valence-electron chi connectivity index (χ4n) is 4.82. The van der Waals surface area contributed by atoms with Crippen LogP contribution in [0.1, 0.15) is 24.5 Å². The number of aryl methyl sites for hydroxylation is 1. The molecule has 1 aliphatic rings. The summed E-state index contributed by atoms with van der Waals surface area (Å²) < 4.78 is 45.6. The van der Waals surface area contributed by atoms with Crippen LogP contribution in [0.3, 0.4) is 0 Å². The van der Waals surface area contributed by atoms with Gasteiger partial charge in [-0.05, 0) is 78.2 Å². The molecule has 1 N–H and O–H groups in total. The van der Waals surface area contributed by atoms with Crippen molar-refractivity contribution in [1.29, 1.82) is 0 Å². The van der Waals surface area contributed by atoms with Crippen LogP contribution in [-0.2, 0) is 27.7 Å². The molecule has 0 saturated heterocycles. The van der Waals surface area contributed by atoms with E-state index in [0.717, 1.165) is 40.0 Å². The summed E-state index contributed by atoms with van der Waals surface area (Å²) in [6, 6.07) is 27.0. The third kappa shape index (κ3) is 6.30. The minimum absolute atomic E-state index is 0.00827. The zero-order chi connectivity index (χ0) is 28.8. The number of anilines is 1. The third-order valence-corrected chi connectivity index (χ3v) is 8.57. The number of rotatable bonds is 12. The number of carbonyl (C=O) groups is 1. The average molecular weight is 574 g/mol. The van der Waals surface area contributed by atoms with Crippen LogP contribution in [0.15, 0.2) is 102 Å². The van der Waals surface area contributed by atoms with E-state index >= 15 is 0 Å². The highest BCUT2D eigenvalue weighted by molar-refractivity contribution is 7.93. The van der Waals surface area contributed by atoms with E-state index in [4.69, 9.17) is 14.2 Å². The van der Waals surface area contributed by atoms with E-state index in [0.29, 0.717) is 23.6 Å². The van der Waals surface area contributed by atoms with Crippen LogP contribution in [0, 0.1) is 0 Å². The minimum Gasteiger partial charge on any atom is -0.490 e. The average Bonchev–Trinajstić information content (AvgIpc) is 3.38. The molecule has 41 heavy (non-hydrogen) atoms. The van der Waals surface area contributed by atoms with Gasteiger partial charge in [0, 0.05) is 6.42 Å². The van der Waals surface area contributed by atoms with Crippen molar-refractivity contribution < 1.29 is 32.5 Å². The number of carboxylic acids is 1. The van der Waals surface area contributed by atoms with Crippen LogP contribution < -0.4 is 18.5 Å². The summed E-state index contributed by atoms with van der Waals surface area (Å²) in [4.78, 5) is 11.9. The summed E-state index contributed by atoms with van der Waals surface area (Å²) in [6.07, 6.45) is 1.91. The number of carboxylic acid groups (broad SMARTS) is 1. The summed E-state index contributed by atoms with van der Waals surface area (Å²) in [7, 11) is -4.10. The topological polar surface area (TPSA) is 102 Å². The lowest BCUT2D eigenvalue weighted by molar-refractivity contribution is -0.138. The molecule has 1 heterocycles. The van der Waals surface area contributed by atoms with Crippen molar-refractivity contribution in [3.8, 4) is 23.0 Å². The van der Waals surface area contributed by atoms with E-state index in [9.17, 15) is 18.3 Å². The van der Waals surface area contributed by atoms with Crippen LogP contribution in [0.25, 0.3) is 0 Å². The first-order chi connectivity index (χ1) is 19.9. The first-order valence-electron chi connectivity index (χ1n) is 13.4.